The van der Waals surface area contributed by atoms with Gasteiger partial charge in [0, 0.05) is 0 Å². The lowest BCUT2D eigenvalue weighted by atomic mass is 10.1. The molecule has 0 saturated heterocycles. The van der Waals surface area contributed by atoms with Crippen LogP contribution >= 0.6 is 0 Å². The van der Waals surface area contributed by atoms with E-state index in [-0.39, 0.29) is 5.56 Å². The first-order valence-electron chi connectivity index (χ1n) is 6.46. The van der Waals surface area contributed by atoms with Crippen molar-refractivity contribution in [3.8, 4) is 11.4 Å². The average Bonchev–Trinajstić information content (AvgIpc) is 2.90. The van der Waals surface area contributed by atoms with Gasteiger partial charge in [0.05, 0.1) is 23.9 Å². The maximum atomic E-state index is 11.3. The summed E-state index contributed by atoms with van der Waals surface area (Å²) < 4.78 is 7.23. The summed E-state index contributed by atoms with van der Waals surface area (Å²) in [6, 6.07) is 10.9. The second kappa shape index (κ2) is 4.94. The number of carbonyl (C=O) groups is 1. The predicted molar refractivity (Wildman–Crippen MR) is 79.3 cm³/mol. The van der Waals surface area contributed by atoms with E-state index in [1.807, 2.05) is 35.8 Å². The lowest BCUT2D eigenvalue weighted by Gasteiger charge is -2.11. The van der Waals surface area contributed by atoms with Gasteiger partial charge in [-0.1, -0.05) is 12.1 Å². The molecule has 1 aromatic heterocycles. The largest absolute Gasteiger partial charge is 0.495 e. The molecule has 0 aliphatic carbocycles. The molecule has 0 amide bonds. The zero-order valence-corrected chi connectivity index (χ0v) is 11.7. The van der Waals surface area contributed by atoms with Crippen molar-refractivity contribution in [3.63, 3.8) is 0 Å². The minimum absolute atomic E-state index is 0.192. The number of methoxy groups -OCH3 is 1. The van der Waals surface area contributed by atoms with Gasteiger partial charge >= 0.3 is 5.97 Å². The molecular weight excluding hydrogens is 268 g/mol. The Morgan fingerprint density at radius 3 is 2.81 bits per heavy atom. The number of benzene rings is 2. The molecule has 0 aliphatic heterocycles. The van der Waals surface area contributed by atoms with Crippen molar-refractivity contribution in [2.45, 2.75) is 6.92 Å². The zero-order valence-electron chi connectivity index (χ0n) is 11.7. The van der Waals surface area contributed by atoms with E-state index in [0.717, 1.165) is 16.8 Å². The summed E-state index contributed by atoms with van der Waals surface area (Å²) in [4.78, 5) is 15.5. The van der Waals surface area contributed by atoms with Gasteiger partial charge in [0.1, 0.15) is 17.6 Å². The number of hydrogen-bond acceptors (Lipinski definition) is 3. The highest BCUT2D eigenvalue weighted by molar-refractivity contribution is 6.01. The summed E-state index contributed by atoms with van der Waals surface area (Å²) in [5.41, 5.74) is 3.31. The fourth-order valence-electron chi connectivity index (χ4n) is 2.39. The number of imidazole rings is 1. The quantitative estimate of drug-likeness (QED) is 0.802. The fraction of sp³-hybridized carbons (Fsp3) is 0.125. The molecular formula is C16H14N2O3. The predicted octanol–water partition coefficient (Wildman–Crippen LogP) is 3.04. The SMILES string of the molecule is COc1ccc(C)cc1-n1cnc2c(C(=O)O)cccc21. The van der Waals surface area contributed by atoms with E-state index >= 15 is 0 Å². The van der Waals surface area contributed by atoms with Gasteiger partial charge < -0.3 is 9.84 Å². The molecule has 1 heterocycles. The molecule has 0 aliphatic rings. The second-order valence-corrected chi connectivity index (χ2v) is 4.77. The molecule has 0 bridgehead atoms. The summed E-state index contributed by atoms with van der Waals surface area (Å²) >= 11 is 0. The Morgan fingerprint density at radius 1 is 1.29 bits per heavy atom. The minimum atomic E-state index is -0.984. The average molecular weight is 282 g/mol. The number of fused-ring (bicyclic) bond motifs is 1. The summed E-state index contributed by atoms with van der Waals surface area (Å²) in [6.07, 6.45) is 1.62. The lowest BCUT2D eigenvalue weighted by molar-refractivity contribution is 0.0699. The highest BCUT2D eigenvalue weighted by Crippen LogP contribution is 2.28. The molecule has 1 N–H and O–H groups in total. The highest BCUT2D eigenvalue weighted by atomic mass is 16.5. The van der Waals surface area contributed by atoms with Gasteiger partial charge in [0.2, 0.25) is 0 Å². The van der Waals surface area contributed by atoms with Crippen LogP contribution in [0.15, 0.2) is 42.7 Å². The number of ether oxygens (including phenoxy) is 1. The summed E-state index contributed by atoms with van der Waals surface area (Å²) in [6.45, 7) is 1.99. The van der Waals surface area contributed by atoms with Gasteiger partial charge in [-0.3, -0.25) is 4.57 Å². The zero-order chi connectivity index (χ0) is 15.0. The standard InChI is InChI=1S/C16H14N2O3/c1-10-6-7-14(21-2)13(8-10)18-9-17-15-11(16(19)20)4-3-5-12(15)18/h3-9H,1-2H3,(H,19,20). The van der Waals surface area contributed by atoms with Gasteiger partial charge in [-0.15, -0.1) is 0 Å². The van der Waals surface area contributed by atoms with Crippen LogP contribution in [0, 0.1) is 6.92 Å². The molecule has 3 rings (SSSR count). The van der Waals surface area contributed by atoms with E-state index in [0.29, 0.717) is 11.3 Å². The number of hydrogen-bond donors (Lipinski definition) is 1. The second-order valence-electron chi connectivity index (χ2n) is 4.77. The number of para-hydroxylation sites is 1. The monoisotopic (exact) mass is 282 g/mol. The summed E-state index contributed by atoms with van der Waals surface area (Å²) in [5.74, 6) is -0.275. The third kappa shape index (κ3) is 2.12. The Balaban J connectivity index is 2.30. The van der Waals surface area contributed by atoms with Crippen molar-refractivity contribution in [2.24, 2.45) is 0 Å². The topological polar surface area (TPSA) is 64.4 Å². The summed E-state index contributed by atoms with van der Waals surface area (Å²) in [5, 5.41) is 9.23. The maximum Gasteiger partial charge on any atom is 0.337 e. The van der Waals surface area contributed by atoms with Crippen molar-refractivity contribution >= 4 is 17.0 Å². The molecule has 2 aromatic carbocycles. The minimum Gasteiger partial charge on any atom is -0.495 e. The Morgan fingerprint density at radius 2 is 2.10 bits per heavy atom. The number of carboxylic acids is 1. The van der Waals surface area contributed by atoms with Crippen LogP contribution in [0.2, 0.25) is 0 Å². The molecule has 5 heteroatoms. The molecule has 0 saturated carbocycles. The van der Waals surface area contributed by atoms with Crippen molar-refractivity contribution in [1.82, 2.24) is 9.55 Å². The molecule has 0 unspecified atom stereocenters. The van der Waals surface area contributed by atoms with Gasteiger partial charge in [-0.05, 0) is 36.8 Å². The smallest absolute Gasteiger partial charge is 0.337 e. The Kier molecular flexibility index (Phi) is 3.10. The molecule has 106 valence electrons. The first-order chi connectivity index (χ1) is 10.1. The van der Waals surface area contributed by atoms with Crippen LogP contribution in [0.25, 0.3) is 16.7 Å². The Hall–Kier alpha value is -2.82. The van der Waals surface area contributed by atoms with E-state index in [1.54, 1.807) is 25.6 Å². The first-order valence-corrected chi connectivity index (χ1v) is 6.46. The van der Waals surface area contributed by atoms with Crippen LogP contribution < -0.4 is 4.74 Å². The van der Waals surface area contributed by atoms with Crippen LogP contribution in [-0.4, -0.2) is 27.7 Å². The lowest BCUT2D eigenvalue weighted by Crippen LogP contribution is -1.99. The van der Waals surface area contributed by atoms with E-state index in [2.05, 4.69) is 4.98 Å². The molecule has 0 fully saturated rings. The van der Waals surface area contributed by atoms with Crippen molar-refractivity contribution in [2.75, 3.05) is 7.11 Å². The molecule has 5 nitrogen and oxygen atoms in total. The van der Waals surface area contributed by atoms with Crippen LogP contribution in [0.3, 0.4) is 0 Å². The molecule has 0 atom stereocenters. The first kappa shape index (κ1) is 13.2. The number of carboxylic acid groups (broad SMARTS) is 1. The number of aromatic nitrogens is 2. The van der Waals surface area contributed by atoms with E-state index in [4.69, 9.17) is 4.74 Å². The number of nitrogens with zero attached hydrogens (tertiary/aromatic N) is 2. The molecule has 0 spiro atoms. The van der Waals surface area contributed by atoms with Gasteiger partial charge in [-0.25, -0.2) is 9.78 Å². The van der Waals surface area contributed by atoms with Crippen LogP contribution in [0.5, 0.6) is 5.75 Å². The van der Waals surface area contributed by atoms with Gasteiger partial charge in [0.15, 0.2) is 0 Å². The normalized spacial score (nSPS) is 10.8. The molecule has 0 radical (unpaired) electrons. The van der Waals surface area contributed by atoms with Crippen LogP contribution in [-0.2, 0) is 0 Å². The third-order valence-corrected chi connectivity index (χ3v) is 3.40. The van der Waals surface area contributed by atoms with Crippen LogP contribution in [0.1, 0.15) is 15.9 Å². The number of aryl methyl sites for hydroxylation is 1. The van der Waals surface area contributed by atoms with Gasteiger partial charge in [0.25, 0.3) is 0 Å². The summed E-state index contributed by atoms with van der Waals surface area (Å²) in [7, 11) is 1.61. The number of rotatable bonds is 3. The van der Waals surface area contributed by atoms with Crippen LogP contribution in [0.4, 0.5) is 0 Å². The molecule has 3 aromatic rings. The van der Waals surface area contributed by atoms with E-state index in [1.165, 1.54) is 0 Å². The van der Waals surface area contributed by atoms with E-state index < -0.39 is 5.97 Å². The number of aromatic carboxylic acids is 1. The molecule has 21 heavy (non-hydrogen) atoms. The van der Waals surface area contributed by atoms with Crippen molar-refractivity contribution in [1.29, 1.82) is 0 Å². The van der Waals surface area contributed by atoms with Crippen molar-refractivity contribution < 1.29 is 14.6 Å². The Labute approximate surface area is 121 Å². The fourth-order valence-corrected chi connectivity index (χ4v) is 2.39. The Bertz CT molecular complexity index is 837. The third-order valence-electron chi connectivity index (χ3n) is 3.40. The highest BCUT2D eigenvalue weighted by Gasteiger charge is 2.15. The maximum absolute atomic E-state index is 11.3. The van der Waals surface area contributed by atoms with Crippen molar-refractivity contribution in [3.05, 3.63) is 53.9 Å². The van der Waals surface area contributed by atoms with Gasteiger partial charge in [-0.2, -0.15) is 0 Å². The van der Waals surface area contributed by atoms with E-state index in [9.17, 15) is 9.90 Å².